The molecule has 0 bridgehead atoms. The molecule has 0 saturated heterocycles. The average Bonchev–Trinajstić information content (AvgIpc) is 2.34. The molecule has 0 amide bonds. The number of ether oxygens (including phenoxy) is 2. The van der Waals surface area contributed by atoms with Crippen molar-refractivity contribution >= 4 is 5.69 Å². The molecule has 0 atom stereocenters. The summed E-state index contributed by atoms with van der Waals surface area (Å²) in [7, 11) is 1.68. The van der Waals surface area contributed by atoms with Gasteiger partial charge in [-0.25, -0.2) is 0 Å². The van der Waals surface area contributed by atoms with Gasteiger partial charge in [0.15, 0.2) is 0 Å². The lowest BCUT2D eigenvalue weighted by molar-refractivity contribution is 0.132. The van der Waals surface area contributed by atoms with Gasteiger partial charge in [0.05, 0.1) is 13.7 Å². The summed E-state index contributed by atoms with van der Waals surface area (Å²) in [4.78, 5) is 0. The van der Waals surface area contributed by atoms with Crippen LogP contribution in [-0.2, 0) is 4.74 Å². The Bertz CT molecular complexity index is 350. The second-order valence-electron chi connectivity index (χ2n) is 4.90. The van der Waals surface area contributed by atoms with Gasteiger partial charge in [-0.05, 0) is 43.0 Å². The van der Waals surface area contributed by atoms with Crippen LogP contribution in [0.3, 0.4) is 0 Å². The fourth-order valence-corrected chi connectivity index (χ4v) is 1.64. The van der Waals surface area contributed by atoms with Crippen molar-refractivity contribution in [2.75, 3.05) is 32.2 Å². The first-order valence-electron chi connectivity index (χ1n) is 6.59. The van der Waals surface area contributed by atoms with Crippen LogP contribution in [0.2, 0.25) is 0 Å². The fraction of sp³-hybridized carbons (Fsp3) is 0.600. The first-order chi connectivity index (χ1) is 8.63. The van der Waals surface area contributed by atoms with Crippen LogP contribution in [0.5, 0.6) is 5.75 Å². The first-order valence-corrected chi connectivity index (χ1v) is 6.59. The molecule has 0 saturated carbocycles. The third-order valence-electron chi connectivity index (χ3n) is 2.83. The SMILES string of the molecule is COc1ccc(NCCOCCC(C)C)c(C)c1. The van der Waals surface area contributed by atoms with Gasteiger partial charge in [-0.1, -0.05) is 13.8 Å². The van der Waals surface area contributed by atoms with E-state index in [9.17, 15) is 0 Å². The highest BCUT2D eigenvalue weighted by Gasteiger charge is 1.99. The maximum absolute atomic E-state index is 5.56. The standard InChI is InChI=1S/C15H25NO2/c1-12(2)7-9-18-10-8-16-15-6-5-14(17-4)11-13(15)3/h5-6,11-12,16H,7-10H2,1-4H3. The van der Waals surface area contributed by atoms with E-state index < -0.39 is 0 Å². The number of anilines is 1. The van der Waals surface area contributed by atoms with Crippen LogP contribution in [0, 0.1) is 12.8 Å². The maximum atomic E-state index is 5.56. The summed E-state index contributed by atoms with van der Waals surface area (Å²) in [5.74, 6) is 1.60. The Kier molecular flexibility index (Phi) is 6.58. The van der Waals surface area contributed by atoms with Gasteiger partial charge in [0, 0.05) is 18.8 Å². The largest absolute Gasteiger partial charge is 0.497 e. The average molecular weight is 251 g/mol. The Labute approximate surface area is 110 Å². The van der Waals surface area contributed by atoms with Crippen molar-refractivity contribution in [1.82, 2.24) is 0 Å². The van der Waals surface area contributed by atoms with Gasteiger partial charge >= 0.3 is 0 Å². The van der Waals surface area contributed by atoms with E-state index in [1.807, 2.05) is 18.2 Å². The third-order valence-corrected chi connectivity index (χ3v) is 2.83. The molecule has 1 aromatic carbocycles. The molecule has 1 rings (SSSR count). The van der Waals surface area contributed by atoms with Gasteiger partial charge in [-0.2, -0.15) is 0 Å². The van der Waals surface area contributed by atoms with E-state index in [1.165, 1.54) is 5.56 Å². The summed E-state index contributed by atoms with van der Waals surface area (Å²) in [6.07, 6.45) is 1.13. The molecule has 0 unspecified atom stereocenters. The molecule has 3 heteroatoms. The van der Waals surface area contributed by atoms with Crippen LogP contribution >= 0.6 is 0 Å². The highest BCUT2D eigenvalue weighted by Crippen LogP contribution is 2.20. The van der Waals surface area contributed by atoms with Crippen molar-refractivity contribution in [1.29, 1.82) is 0 Å². The minimum absolute atomic E-state index is 0.710. The van der Waals surface area contributed by atoms with E-state index in [-0.39, 0.29) is 0 Å². The quantitative estimate of drug-likeness (QED) is 0.718. The molecule has 0 spiro atoms. The lowest BCUT2D eigenvalue weighted by Gasteiger charge is -2.11. The summed E-state index contributed by atoms with van der Waals surface area (Å²) >= 11 is 0. The smallest absolute Gasteiger partial charge is 0.119 e. The minimum Gasteiger partial charge on any atom is -0.497 e. The topological polar surface area (TPSA) is 30.5 Å². The highest BCUT2D eigenvalue weighted by molar-refractivity contribution is 5.53. The number of aryl methyl sites for hydroxylation is 1. The van der Waals surface area contributed by atoms with Crippen molar-refractivity contribution in [3.05, 3.63) is 23.8 Å². The number of hydrogen-bond acceptors (Lipinski definition) is 3. The zero-order valence-corrected chi connectivity index (χ0v) is 12.0. The first kappa shape index (κ1) is 14.8. The van der Waals surface area contributed by atoms with E-state index in [1.54, 1.807) is 7.11 Å². The van der Waals surface area contributed by atoms with Crippen LogP contribution in [0.25, 0.3) is 0 Å². The fourth-order valence-electron chi connectivity index (χ4n) is 1.64. The van der Waals surface area contributed by atoms with Crippen molar-refractivity contribution in [2.45, 2.75) is 27.2 Å². The van der Waals surface area contributed by atoms with Crippen LogP contribution in [-0.4, -0.2) is 26.9 Å². The number of nitrogens with one attached hydrogen (secondary N) is 1. The van der Waals surface area contributed by atoms with Gasteiger partial charge in [-0.15, -0.1) is 0 Å². The second kappa shape index (κ2) is 7.98. The predicted octanol–water partition coefficient (Wildman–Crippen LogP) is 3.48. The molecule has 1 N–H and O–H groups in total. The Hall–Kier alpha value is -1.22. The maximum Gasteiger partial charge on any atom is 0.119 e. The Morgan fingerprint density at radius 3 is 2.61 bits per heavy atom. The Morgan fingerprint density at radius 2 is 2.00 bits per heavy atom. The van der Waals surface area contributed by atoms with Crippen LogP contribution in [0.4, 0.5) is 5.69 Å². The lowest BCUT2D eigenvalue weighted by atomic mass is 10.1. The molecule has 0 aliphatic heterocycles. The molecular weight excluding hydrogens is 226 g/mol. The number of hydrogen-bond donors (Lipinski definition) is 1. The van der Waals surface area contributed by atoms with E-state index in [0.29, 0.717) is 5.92 Å². The van der Waals surface area contributed by atoms with E-state index in [0.717, 1.165) is 37.6 Å². The molecule has 1 aromatic rings. The summed E-state index contributed by atoms with van der Waals surface area (Å²) in [5.41, 5.74) is 2.33. The summed E-state index contributed by atoms with van der Waals surface area (Å²) in [6, 6.07) is 6.04. The zero-order valence-electron chi connectivity index (χ0n) is 12.0. The summed E-state index contributed by atoms with van der Waals surface area (Å²) in [6.45, 7) is 8.93. The number of methoxy groups -OCH3 is 1. The molecule has 0 aliphatic carbocycles. The van der Waals surface area contributed by atoms with Crippen molar-refractivity contribution in [2.24, 2.45) is 5.92 Å². The number of benzene rings is 1. The Balaban J connectivity index is 2.23. The van der Waals surface area contributed by atoms with E-state index in [4.69, 9.17) is 9.47 Å². The van der Waals surface area contributed by atoms with Gasteiger partial charge in [-0.3, -0.25) is 0 Å². The lowest BCUT2D eigenvalue weighted by Crippen LogP contribution is -2.11. The van der Waals surface area contributed by atoms with E-state index in [2.05, 4.69) is 26.1 Å². The third kappa shape index (κ3) is 5.41. The molecule has 0 aromatic heterocycles. The zero-order chi connectivity index (χ0) is 13.4. The van der Waals surface area contributed by atoms with E-state index >= 15 is 0 Å². The van der Waals surface area contributed by atoms with Gasteiger partial charge in [0.2, 0.25) is 0 Å². The molecule has 3 nitrogen and oxygen atoms in total. The van der Waals surface area contributed by atoms with Crippen LogP contribution in [0.1, 0.15) is 25.8 Å². The van der Waals surface area contributed by atoms with Crippen molar-refractivity contribution in [3.63, 3.8) is 0 Å². The highest BCUT2D eigenvalue weighted by atomic mass is 16.5. The minimum atomic E-state index is 0.710. The van der Waals surface area contributed by atoms with Crippen LogP contribution < -0.4 is 10.1 Å². The summed E-state index contributed by atoms with van der Waals surface area (Å²) in [5, 5.41) is 3.37. The molecule has 0 fully saturated rings. The van der Waals surface area contributed by atoms with Crippen molar-refractivity contribution < 1.29 is 9.47 Å². The monoisotopic (exact) mass is 251 g/mol. The van der Waals surface area contributed by atoms with Gasteiger partial charge in [0.25, 0.3) is 0 Å². The number of rotatable bonds is 8. The molecule has 18 heavy (non-hydrogen) atoms. The van der Waals surface area contributed by atoms with Gasteiger partial charge < -0.3 is 14.8 Å². The summed E-state index contributed by atoms with van der Waals surface area (Å²) < 4.78 is 10.7. The molecule has 0 heterocycles. The molecule has 0 aliphatic rings. The molecule has 102 valence electrons. The Morgan fingerprint density at radius 1 is 1.22 bits per heavy atom. The second-order valence-corrected chi connectivity index (χ2v) is 4.90. The predicted molar refractivity (Wildman–Crippen MR) is 76.5 cm³/mol. The van der Waals surface area contributed by atoms with Gasteiger partial charge in [0.1, 0.15) is 5.75 Å². The molecular formula is C15H25NO2. The van der Waals surface area contributed by atoms with Crippen LogP contribution in [0.15, 0.2) is 18.2 Å². The molecule has 0 radical (unpaired) electrons. The normalized spacial score (nSPS) is 10.7. The van der Waals surface area contributed by atoms with Crippen molar-refractivity contribution in [3.8, 4) is 5.75 Å².